The molecule has 0 amide bonds. The molecule has 0 spiro atoms. The molecule has 1 aromatic carbocycles. The Bertz CT molecular complexity index is 1290. The van der Waals surface area contributed by atoms with Gasteiger partial charge in [-0.05, 0) is 104 Å². The van der Waals surface area contributed by atoms with Crippen molar-refractivity contribution in [3.63, 3.8) is 0 Å². The number of likely N-dealkylation sites (tertiary alicyclic amines) is 1. The first-order valence-electron chi connectivity index (χ1n) is 15.0. The average molecular weight is 531 g/mol. The Morgan fingerprint density at radius 2 is 1.92 bits per heavy atom. The van der Waals surface area contributed by atoms with Crippen LogP contribution in [0.4, 0.5) is 0 Å². The van der Waals surface area contributed by atoms with Crippen molar-refractivity contribution in [3.05, 3.63) is 65.5 Å². The van der Waals surface area contributed by atoms with Gasteiger partial charge in [-0.25, -0.2) is 0 Å². The first-order chi connectivity index (χ1) is 18.8. The summed E-state index contributed by atoms with van der Waals surface area (Å²) in [7, 11) is 0. The maximum atomic E-state index is 12.2. The molecule has 39 heavy (non-hydrogen) atoms. The Labute approximate surface area is 231 Å². The highest BCUT2D eigenvalue weighted by Gasteiger charge is 2.45. The molecular weight excluding hydrogens is 488 g/mol. The quantitative estimate of drug-likeness (QED) is 0.479. The molecule has 2 fully saturated rings. The lowest BCUT2D eigenvalue weighted by atomic mass is 9.75. The van der Waals surface area contributed by atoms with E-state index in [2.05, 4.69) is 48.3 Å². The SMILES string of the molecule is CC1CCC(c2ccc3ccncc3c2)CCC=C2C=C3CCC(N4CC(O)CC4C(=O)O)CC3CCC21O. The fourth-order valence-electron chi connectivity index (χ4n) is 8.01. The monoisotopic (exact) mass is 530 g/mol. The number of fused-ring (bicyclic) bond motifs is 3. The molecule has 3 aliphatic carbocycles. The summed E-state index contributed by atoms with van der Waals surface area (Å²) < 4.78 is 0. The van der Waals surface area contributed by atoms with E-state index in [-0.39, 0.29) is 12.0 Å². The molecule has 6 nitrogen and oxygen atoms in total. The molecule has 0 radical (unpaired) electrons. The maximum Gasteiger partial charge on any atom is 0.321 e. The van der Waals surface area contributed by atoms with Gasteiger partial charge >= 0.3 is 5.97 Å². The second-order valence-corrected chi connectivity index (χ2v) is 12.6. The van der Waals surface area contributed by atoms with Gasteiger partial charge in [-0.2, -0.15) is 0 Å². The fraction of sp³-hybridized carbons (Fsp3) is 0.576. The Kier molecular flexibility index (Phi) is 7.38. The zero-order valence-electron chi connectivity index (χ0n) is 23.0. The summed E-state index contributed by atoms with van der Waals surface area (Å²) in [4.78, 5) is 18.2. The van der Waals surface area contributed by atoms with Crippen LogP contribution in [-0.2, 0) is 4.79 Å². The van der Waals surface area contributed by atoms with Crippen molar-refractivity contribution in [1.29, 1.82) is 0 Å². The summed E-state index contributed by atoms with van der Waals surface area (Å²) in [5, 5.41) is 34.5. The maximum absolute atomic E-state index is 12.2. The van der Waals surface area contributed by atoms with Crippen molar-refractivity contribution in [3.8, 4) is 0 Å². The number of aromatic nitrogens is 1. The Hall–Kier alpha value is -2.54. The second kappa shape index (κ2) is 10.8. The van der Waals surface area contributed by atoms with Crippen LogP contribution in [0.3, 0.4) is 0 Å². The van der Waals surface area contributed by atoms with Gasteiger partial charge in [0.15, 0.2) is 0 Å². The third-order valence-corrected chi connectivity index (χ3v) is 10.4. The van der Waals surface area contributed by atoms with Gasteiger partial charge in [0.1, 0.15) is 6.04 Å². The molecule has 7 unspecified atom stereocenters. The van der Waals surface area contributed by atoms with Crippen LogP contribution in [0.25, 0.3) is 10.8 Å². The number of benzene rings is 1. The molecule has 2 aromatic rings. The average Bonchev–Trinajstić information content (AvgIpc) is 3.29. The van der Waals surface area contributed by atoms with E-state index in [4.69, 9.17) is 0 Å². The largest absolute Gasteiger partial charge is 0.480 e. The number of hydrogen-bond donors (Lipinski definition) is 3. The summed E-state index contributed by atoms with van der Waals surface area (Å²) >= 11 is 0. The van der Waals surface area contributed by atoms with Crippen LogP contribution in [0.15, 0.2) is 60.0 Å². The van der Waals surface area contributed by atoms with Gasteiger partial charge in [0.05, 0.1) is 11.7 Å². The van der Waals surface area contributed by atoms with E-state index in [1.807, 2.05) is 17.3 Å². The Morgan fingerprint density at radius 3 is 2.77 bits per heavy atom. The summed E-state index contributed by atoms with van der Waals surface area (Å²) in [6, 6.07) is 8.44. The fourth-order valence-corrected chi connectivity index (χ4v) is 8.01. The smallest absolute Gasteiger partial charge is 0.321 e. The highest BCUT2D eigenvalue weighted by molar-refractivity contribution is 5.82. The molecule has 208 valence electrons. The lowest BCUT2D eigenvalue weighted by Crippen LogP contribution is -2.45. The number of β-amino-alcohol motifs (C(OH)–C–C–N with tert-alkyl or cyclic N) is 1. The van der Waals surface area contributed by atoms with E-state index < -0.39 is 23.7 Å². The highest BCUT2D eigenvalue weighted by Crippen LogP contribution is 2.47. The van der Waals surface area contributed by atoms with Gasteiger partial charge in [-0.1, -0.05) is 36.8 Å². The van der Waals surface area contributed by atoms with E-state index in [1.54, 1.807) is 0 Å². The van der Waals surface area contributed by atoms with Crippen LogP contribution in [0.1, 0.15) is 82.6 Å². The van der Waals surface area contributed by atoms with Crippen molar-refractivity contribution >= 4 is 16.7 Å². The summed E-state index contributed by atoms with van der Waals surface area (Å²) in [6.45, 7) is 2.67. The number of carboxylic acid groups (broad SMARTS) is 1. The molecule has 6 rings (SSSR count). The topological polar surface area (TPSA) is 93.9 Å². The first-order valence-corrected chi connectivity index (χ1v) is 15.0. The molecule has 6 heteroatoms. The number of hydrogen-bond acceptors (Lipinski definition) is 5. The van der Waals surface area contributed by atoms with Crippen molar-refractivity contribution in [2.75, 3.05) is 6.54 Å². The van der Waals surface area contributed by atoms with Gasteiger partial charge in [-0.15, -0.1) is 0 Å². The number of allylic oxidation sites excluding steroid dienone is 2. The summed E-state index contributed by atoms with van der Waals surface area (Å²) in [5.41, 5.74) is 3.08. The summed E-state index contributed by atoms with van der Waals surface area (Å²) in [6.07, 6.45) is 16.7. The predicted octanol–water partition coefficient (Wildman–Crippen LogP) is 5.59. The minimum atomic E-state index is -0.824. The van der Waals surface area contributed by atoms with Crippen molar-refractivity contribution < 1.29 is 20.1 Å². The van der Waals surface area contributed by atoms with Gasteiger partial charge in [0.2, 0.25) is 0 Å². The molecule has 0 bridgehead atoms. The van der Waals surface area contributed by atoms with E-state index >= 15 is 0 Å². The molecule has 1 saturated carbocycles. The van der Waals surface area contributed by atoms with Crippen LogP contribution in [0.5, 0.6) is 0 Å². The number of rotatable bonds is 3. The number of carboxylic acids is 1. The minimum absolute atomic E-state index is 0.157. The van der Waals surface area contributed by atoms with Crippen LogP contribution >= 0.6 is 0 Å². The number of aliphatic hydroxyl groups is 2. The van der Waals surface area contributed by atoms with E-state index in [1.165, 1.54) is 21.9 Å². The standard InChI is InChI=1S/C33H42N2O4/c1-21-5-6-22(24-8-7-23-12-14-34-19-27(23)15-24)3-2-4-28-16-25-9-10-29(17-26(25)11-13-33(21,28)39)35-20-30(36)18-31(35)32(37)38/h4,7-8,12,14-16,19,21-22,26,29-31,36,39H,2-3,5-6,9-11,13,17-18,20H2,1H3,(H,37,38). The van der Waals surface area contributed by atoms with Gasteiger partial charge < -0.3 is 15.3 Å². The number of aliphatic carboxylic acids is 1. The van der Waals surface area contributed by atoms with Gasteiger partial charge in [0.25, 0.3) is 0 Å². The normalized spacial score (nSPS) is 36.0. The predicted molar refractivity (Wildman–Crippen MR) is 152 cm³/mol. The van der Waals surface area contributed by atoms with Crippen LogP contribution in [-0.4, -0.2) is 61.5 Å². The third kappa shape index (κ3) is 5.19. The number of carbonyl (C=O) groups is 1. The molecule has 1 aliphatic heterocycles. The lowest BCUT2D eigenvalue weighted by molar-refractivity contribution is -0.143. The van der Waals surface area contributed by atoms with Crippen molar-refractivity contribution in [1.82, 2.24) is 9.88 Å². The molecule has 4 aliphatic rings. The zero-order valence-corrected chi connectivity index (χ0v) is 23.0. The van der Waals surface area contributed by atoms with Crippen LogP contribution in [0.2, 0.25) is 0 Å². The first kappa shape index (κ1) is 26.7. The van der Waals surface area contributed by atoms with Gasteiger partial charge in [-0.3, -0.25) is 14.7 Å². The number of aliphatic hydroxyl groups excluding tert-OH is 1. The van der Waals surface area contributed by atoms with E-state index in [0.717, 1.165) is 63.4 Å². The number of pyridine rings is 1. The highest BCUT2D eigenvalue weighted by atomic mass is 16.4. The van der Waals surface area contributed by atoms with Crippen LogP contribution in [0, 0.1) is 11.8 Å². The van der Waals surface area contributed by atoms with E-state index in [0.29, 0.717) is 24.8 Å². The molecule has 1 aromatic heterocycles. The molecular formula is C33H42N2O4. The minimum Gasteiger partial charge on any atom is -0.480 e. The molecule has 1 saturated heterocycles. The second-order valence-electron chi connectivity index (χ2n) is 12.6. The molecule has 3 N–H and O–H groups in total. The zero-order chi connectivity index (χ0) is 27.1. The lowest BCUT2D eigenvalue weighted by Gasteiger charge is -2.38. The molecule has 2 heterocycles. The molecule has 7 atom stereocenters. The summed E-state index contributed by atoms with van der Waals surface area (Å²) in [5.74, 6) is 0.163. The third-order valence-electron chi connectivity index (χ3n) is 10.4. The van der Waals surface area contributed by atoms with Gasteiger partial charge in [0, 0.05) is 36.8 Å². The number of nitrogens with zero attached hydrogens (tertiary/aromatic N) is 2. The Balaban J connectivity index is 1.21. The van der Waals surface area contributed by atoms with Crippen molar-refractivity contribution in [2.24, 2.45) is 11.8 Å². The van der Waals surface area contributed by atoms with Crippen LogP contribution < -0.4 is 0 Å². The van der Waals surface area contributed by atoms with E-state index in [9.17, 15) is 20.1 Å². The Morgan fingerprint density at radius 1 is 1.05 bits per heavy atom. The van der Waals surface area contributed by atoms with Crippen molar-refractivity contribution in [2.45, 2.75) is 101 Å².